The molecule has 2 fully saturated rings. The maximum atomic E-state index is 11.9. The maximum Gasteiger partial charge on any atom is 0.415 e. The number of rotatable bonds is 1. The van der Waals surface area contributed by atoms with Gasteiger partial charge in [0.1, 0.15) is 6.10 Å². The first-order valence-electron chi connectivity index (χ1n) is 6.01. The van der Waals surface area contributed by atoms with Crippen LogP contribution in [0.15, 0.2) is 24.3 Å². The van der Waals surface area contributed by atoms with E-state index in [1.54, 1.807) is 17.0 Å². The van der Waals surface area contributed by atoms with Gasteiger partial charge in [0.25, 0.3) is 0 Å². The molecule has 90 valence electrons. The molecule has 1 aromatic carbocycles. The maximum absolute atomic E-state index is 11.9. The van der Waals surface area contributed by atoms with Crippen LogP contribution in [-0.4, -0.2) is 18.2 Å². The predicted octanol–water partition coefficient (Wildman–Crippen LogP) is 3.61. The third kappa shape index (κ3) is 1.89. The number of carbonyl (C=O) groups excluding carboxylic acids is 1. The van der Waals surface area contributed by atoms with Gasteiger partial charge in [0.15, 0.2) is 0 Å². The molecule has 1 saturated heterocycles. The molecule has 0 N–H and O–H groups in total. The molecule has 2 atom stereocenters. The van der Waals surface area contributed by atoms with E-state index >= 15 is 0 Å². The molecule has 1 aromatic rings. The van der Waals surface area contributed by atoms with Crippen molar-refractivity contribution >= 4 is 23.4 Å². The third-order valence-electron chi connectivity index (χ3n) is 3.55. The van der Waals surface area contributed by atoms with Crippen LogP contribution in [0.1, 0.15) is 25.7 Å². The van der Waals surface area contributed by atoms with E-state index in [9.17, 15) is 4.79 Å². The Kier molecular flexibility index (Phi) is 2.71. The van der Waals surface area contributed by atoms with Crippen LogP contribution in [0.3, 0.4) is 0 Å². The fraction of sp³-hybridized carbons (Fsp3) is 0.462. The quantitative estimate of drug-likeness (QED) is 0.763. The molecule has 0 aromatic heterocycles. The highest BCUT2D eigenvalue weighted by Gasteiger charge is 2.43. The highest BCUT2D eigenvalue weighted by Crippen LogP contribution is 2.35. The number of ether oxygens (including phenoxy) is 1. The summed E-state index contributed by atoms with van der Waals surface area (Å²) in [5.41, 5.74) is 0.883. The molecular formula is C13H14ClNO2. The number of amides is 1. The number of fused-ring (bicyclic) bond motifs is 1. The number of benzene rings is 1. The van der Waals surface area contributed by atoms with Crippen molar-refractivity contribution in [2.45, 2.75) is 37.8 Å². The van der Waals surface area contributed by atoms with Gasteiger partial charge in [-0.05, 0) is 43.5 Å². The van der Waals surface area contributed by atoms with Crippen LogP contribution in [-0.2, 0) is 4.74 Å². The predicted molar refractivity (Wildman–Crippen MR) is 66.5 cm³/mol. The van der Waals surface area contributed by atoms with Crippen molar-refractivity contribution < 1.29 is 9.53 Å². The molecule has 4 heteroatoms. The van der Waals surface area contributed by atoms with E-state index < -0.39 is 0 Å². The summed E-state index contributed by atoms with van der Waals surface area (Å²) >= 11 is 5.86. The monoisotopic (exact) mass is 251 g/mol. The first-order chi connectivity index (χ1) is 8.25. The molecule has 1 aliphatic carbocycles. The second-order valence-electron chi connectivity index (χ2n) is 4.62. The summed E-state index contributed by atoms with van der Waals surface area (Å²) in [7, 11) is 0. The van der Waals surface area contributed by atoms with Crippen molar-refractivity contribution in [3.8, 4) is 0 Å². The Hall–Kier alpha value is -1.22. The van der Waals surface area contributed by atoms with Crippen molar-refractivity contribution in [1.29, 1.82) is 0 Å². The second-order valence-corrected chi connectivity index (χ2v) is 5.06. The van der Waals surface area contributed by atoms with Crippen LogP contribution >= 0.6 is 11.6 Å². The zero-order valence-electron chi connectivity index (χ0n) is 9.43. The number of hydrogen-bond donors (Lipinski definition) is 0. The molecule has 0 radical (unpaired) electrons. The summed E-state index contributed by atoms with van der Waals surface area (Å²) < 4.78 is 5.42. The van der Waals surface area contributed by atoms with Crippen LogP contribution < -0.4 is 4.90 Å². The van der Waals surface area contributed by atoms with Crippen LogP contribution in [0.2, 0.25) is 5.02 Å². The highest BCUT2D eigenvalue weighted by atomic mass is 35.5. The Morgan fingerprint density at radius 3 is 2.65 bits per heavy atom. The standard InChI is InChI=1S/C13H14ClNO2/c14-9-5-7-10(8-6-9)15-11-3-1-2-4-12(11)17-13(15)16/h5-8,11-12H,1-4H2. The molecule has 3 nitrogen and oxygen atoms in total. The Labute approximate surface area is 105 Å². The SMILES string of the molecule is O=C1OC2CCCCC2N1c1ccc(Cl)cc1. The van der Waals surface area contributed by atoms with Gasteiger partial charge in [-0.2, -0.15) is 0 Å². The van der Waals surface area contributed by atoms with Crippen molar-refractivity contribution in [3.05, 3.63) is 29.3 Å². The number of hydrogen-bond acceptors (Lipinski definition) is 2. The van der Waals surface area contributed by atoms with E-state index in [0.29, 0.717) is 5.02 Å². The van der Waals surface area contributed by atoms with Crippen molar-refractivity contribution in [2.24, 2.45) is 0 Å². The van der Waals surface area contributed by atoms with Gasteiger partial charge >= 0.3 is 6.09 Å². The zero-order chi connectivity index (χ0) is 11.8. The van der Waals surface area contributed by atoms with Gasteiger partial charge in [-0.3, -0.25) is 4.90 Å². The van der Waals surface area contributed by atoms with Crippen molar-refractivity contribution in [2.75, 3.05) is 4.90 Å². The lowest BCUT2D eigenvalue weighted by Crippen LogP contribution is -2.38. The average molecular weight is 252 g/mol. The normalized spacial score (nSPS) is 27.8. The number of halogens is 1. The van der Waals surface area contributed by atoms with Gasteiger partial charge < -0.3 is 4.74 Å². The van der Waals surface area contributed by atoms with Crippen LogP contribution in [0.4, 0.5) is 10.5 Å². The summed E-state index contributed by atoms with van der Waals surface area (Å²) in [6.07, 6.45) is 4.20. The average Bonchev–Trinajstić information content (AvgIpc) is 2.66. The molecule has 1 aliphatic heterocycles. The first kappa shape index (κ1) is 10.9. The molecule has 17 heavy (non-hydrogen) atoms. The van der Waals surface area contributed by atoms with E-state index in [4.69, 9.17) is 16.3 Å². The number of anilines is 1. The van der Waals surface area contributed by atoms with Crippen molar-refractivity contribution in [1.82, 2.24) is 0 Å². The fourth-order valence-electron chi connectivity index (χ4n) is 2.73. The Morgan fingerprint density at radius 1 is 1.18 bits per heavy atom. The minimum absolute atomic E-state index is 0.0759. The van der Waals surface area contributed by atoms with E-state index in [2.05, 4.69) is 0 Å². The van der Waals surface area contributed by atoms with Crippen LogP contribution in [0.5, 0.6) is 0 Å². The van der Waals surface area contributed by atoms with E-state index in [0.717, 1.165) is 24.9 Å². The summed E-state index contributed by atoms with van der Waals surface area (Å²) in [5, 5.41) is 0.682. The van der Waals surface area contributed by atoms with Gasteiger partial charge in [-0.15, -0.1) is 0 Å². The summed E-state index contributed by atoms with van der Waals surface area (Å²) in [5.74, 6) is 0. The second kappa shape index (κ2) is 4.22. The minimum Gasteiger partial charge on any atom is -0.444 e. The Morgan fingerprint density at radius 2 is 1.88 bits per heavy atom. The highest BCUT2D eigenvalue weighted by molar-refractivity contribution is 6.30. The van der Waals surface area contributed by atoms with Gasteiger partial charge in [0.05, 0.1) is 6.04 Å². The van der Waals surface area contributed by atoms with E-state index in [-0.39, 0.29) is 18.2 Å². The van der Waals surface area contributed by atoms with Gasteiger partial charge in [-0.1, -0.05) is 18.0 Å². The molecule has 2 aliphatic rings. The largest absolute Gasteiger partial charge is 0.444 e. The smallest absolute Gasteiger partial charge is 0.415 e. The lowest BCUT2D eigenvalue weighted by molar-refractivity contribution is 0.113. The molecule has 0 bridgehead atoms. The first-order valence-corrected chi connectivity index (χ1v) is 6.39. The van der Waals surface area contributed by atoms with Gasteiger partial charge in [-0.25, -0.2) is 4.79 Å². The Balaban J connectivity index is 1.90. The topological polar surface area (TPSA) is 29.5 Å². The molecule has 1 saturated carbocycles. The minimum atomic E-state index is -0.218. The van der Waals surface area contributed by atoms with Gasteiger partial charge in [0.2, 0.25) is 0 Å². The molecular weight excluding hydrogens is 238 g/mol. The lowest BCUT2D eigenvalue weighted by atomic mass is 9.92. The summed E-state index contributed by atoms with van der Waals surface area (Å²) in [6.45, 7) is 0. The molecule has 1 heterocycles. The van der Waals surface area contributed by atoms with E-state index in [1.165, 1.54) is 6.42 Å². The molecule has 2 unspecified atom stereocenters. The van der Waals surface area contributed by atoms with Gasteiger partial charge in [0, 0.05) is 10.7 Å². The lowest BCUT2D eigenvalue weighted by Gasteiger charge is -2.27. The van der Waals surface area contributed by atoms with E-state index in [1.807, 2.05) is 12.1 Å². The summed E-state index contributed by atoms with van der Waals surface area (Å²) in [6, 6.07) is 7.57. The molecule has 1 amide bonds. The fourth-order valence-corrected chi connectivity index (χ4v) is 2.86. The molecule has 3 rings (SSSR count). The molecule has 0 spiro atoms. The van der Waals surface area contributed by atoms with Crippen LogP contribution in [0, 0.1) is 0 Å². The van der Waals surface area contributed by atoms with Crippen molar-refractivity contribution in [3.63, 3.8) is 0 Å². The van der Waals surface area contributed by atoms with Crippen LogP contribution in [0.25, 0.3) is 0 Å². The Bertz CT molecular complexity index is 432. The summed E-state index contributed by atoms with van der Waals surface area (Å²) in [4.78, 5) is 13.7. The zero-order valence-corrected chi connectivity index (χ0v) is 10.2. The third-order valence-corrected chi connectivity index (χ3v) is 3.80. The number of nitrogens with zero attached hydrogens (tertiary/aromatic N) is 1. The number of carbonyl (C=O) groups is 1.